The number of nitrogens with two attached hydrogens (primary N) is 1. The summed E-state index contributed by atoms with van der Waals surface area (Å²) in [5.74, 6) is 0. The third-order valence-corrected chi connectivity index (χ3v) is 2.82. The van der Waals surface area contributed by atoms with Gasteiger partial charge in [-0.05, 0) is 30.7 Å². The number of hydrogen-bond acceptors (Lipinski definition) is 3. The SMILES string of the molecule is CC(N)n1c(Cl)nc2cccc(Cl)c2c1=O. The molecule has 1 aromatic heterocycles. The summed E-state index contributed by atoms with van der Waals surface area (Å²) in [6.45, 7) is 1.65. The summed E-state index contributed by atoms with van der Waals surface area (Å²) in [6, 6.07) is 5.02. The summed E-state index contributed by atoms with van der Waals surface area (Å²) in [4.78, 5) is 16.2. The second kappa shape index (κ2) is 4.05. The summed E-state index contributed by atoms with van der Waals surface area (Å²) in [7, 11) is 0. The fourth-order valence-electron chi connectivity index (χ4n) is 1.53. The number of aromatic nitrogens is 2. The predicted molar refractivity (Wildman–Crippen MR) is 64.9 cm³/mol. The van der Waals surface area contributed by atoms with Crippen LogP contribution in [-0.2, 0) is 0 Å². The monoisotopic (exact) mass is 257 g/mol. The van der Waals surface area contributed by atoms with E-state index in [4.69, 9.17) is 28.9 Å². The molecule has 2 N–H and O–H groups in total. The minimum absolute atomic E-state index is 0.0646. The van der Waals surface area contributed by atoms with Crippen molar-refractivity contribution in [3.8, 4) is 0 Å². The van der Waals surface area contributed by atoms with E-state index in [1.807, 2.05) is 0 Å². The van der Waals surface area contributed by atoms with Crippen molar-refractivity contribution in [2.45, 2.75) is 13.1 Å². The number of hydrogen-bond donors (Lipinski definition) is 1. The van der Waals surface area contributed by atoms with Gasteiger partial charge in [-0.15, -0.1) is 0 Å². The molecule has 1 atom stereocenters. The van der Waals surface area contributed by atoms with E-state index in [1.54, 1.807) is 25.1 Å². The van der Waals surface area contributed by atoms with Gasteiger partial charge in [0.25, 0.3) is 5.56 Å². The zero-order valence-corrected chi connectivity index (χ0v) is 9.96. The lowest BCUT2D eigenvalue weighted by molar-refractivity contribution is 0.548. The van der Waals surface area contributed by atoms with Crippen molar-refractivity contribution in [3.05, 3.63) is 38.9 Å². The van der Waals surface area contributed by atoms with E-state index in [0.717, 1.165) is 0 Å². The van der Waals surface area contributed by atoms with Gasteiger partial charge in [0.05, 0.1) is 22.1 Å². The van der Waals surface area contributed by atoms with E-state index < -0.39 is 6.17 Å². The maximum absolute atomic E-state index is 12.1. The molecule has 16 heavy (non-hydrogen) atoms. The summed E-state index contributed by atoms with van der Waals surface area (Å²) in [5.41, 5.74) is 5.80. The van der Waals surface area contributed by atoms with Crippen LogP contribution in [0.5, 0.6) is 0 Å². The topological polar surface area (TPSA) is 60.9 Å². The van der Waals surface area contributed by atoms with Crippen molar-refractivity contribution >= 4 is 34.1 Å². The highest BCUT2D eigenvalue weighted by atomic mass is 35.5. The molecule has 0 saturated heterocycles. The van der Waals surface area contributed by atoms with E-state index in [0.29, 0.717) is 15.9 Å². The summed E-state index contributed by atoms with van der Waals surface area (Å²) < 4.78 is 1.20. The van der Waals surface area contributed by atoms with Gasteiger partial charge < -0.3 is 5.73 Å². The molecule has 1 aromatic carbocycles. The summed E-state index contributed by atoms with van der Waals surface area (Å²) in [6.07, 6.45) is -0.548. The van der Waals surface area contributed by atoms with E-state index in [-0.39, 0.29) is 10.8 Å². The van der Waals surface area contributed by atoms with Crippen LogP contribution in [0.4, 0.5) is 0 Å². The van der Waals surface area contributed by atoms with Crippen molar-refractivity contribution in [2.24, 2.45) is 5.73 Å². The molecule has 2 aromatic rings. The number of halogens is 2. The molecule has 0 aliphatic rings. The predicted octanol–water partition coefficient (Wildman–Crippen LogP) is 2.18. The molecule has 0 spiro atoms. The van der Waals surface area contributed by atoms with Crippen LogP contribution in [0.25, 0.3) is 10.9 Å². The summed E-state index contributed by atoms with van der Waals surface area (Å²) in [5, 5.41) is 0.752. The molecule has 0 radical (unpaired) electrons. The Labute approximate surface area is 102 Å². The lowest BCUT2D eigenvalue weighted by Crippen LogP contribution is -2.29. The van der Waals surface area contributed by atoms with Gasteiger partial charge in [-0.25, -0.2) is 4.98 Å². The highest BCUT2D eigenvalue weighted by molar-refractivity contribution is 6.35. The second-order valence-electron chi connectivity index (χ2n) is 3.43. The minimum Gasteiger partial charge on any atom is -0.311 e. The fraction of sp³-hybridized carbons (Fsp3) is 0.200. The van der Waals surface area contributed by atoms with Gasteiger partial charge in [0.1, 0.15) is 0 Å². The molecule has 1 heterocycles. The molecule has 84 valence electrons. The molecule has 0 aliphatic carbocycles. The van der Waals surface area contributed by atoms with Crippen molar-refractivity contribution in [3.63, 3.8) is 0 Å². The highest BCUT2D eigenvalue weighted by Gasteiger charge is 2.13. The van der Waals surface area contributed by atoms with Crippen LogP contribution in [0.15, 0.2) is 23.0 Å². The normalized spacial score (nSPS) is 13.0. The zero-order valence-electron chi connectivity index (χ0n) is 8.45. The first-order valence-electron chi connectivity index (χ1n) is 4.64. The first kappa shape index (κ1) is 11.4. The molecular weight excluding hydrogens is 249 g/mol. The van der Waals surface area contributed by atoms with Gasteiger partial charge >= 0.3 is 0 Å². The zero-order chi connectivity index (χ0) is 11.9. The van der Waals surface area contributed by atoms with E-state index >= 15 is 0 Å². The van der Waals surface area contributed by atoms with Crippen LogP contribution in [0.1, 0.15) is 13.1 Å². The van der Waals surface area contributed by atoms with Crippen LogP contribution in [-0.4, -0.2) is 9.55 Å². The van der Waals surface area contributed by atoms with Crippen molar-refractivity contribution in [1.82, 2.24) is 9.55 Å². The van der Waals surface area contributed by atoms with Crippen LogP contribution in [0.2, 0.25) is 10.3 Å². The number of nitrogens with zero attached hydrogens (tertiary/aromatic N) is 2. The number of rotatable bonds is 1. The largest absolute Gasteiger partial charge is 0.311 e. The maximum Gasteiger partial charge on any atom is 0.265 e. The Kier molecular flexibility index (Phi) is 2.88. The molecule has 0 amide bonds. The molecule has 1 unspecified atom stereocenters. The summed E-state index contributed by atoms with van der Waals surface area (Å²) >= 11 is 11.8. The Balaban J connectivity index is 2.97. The van der Waals surface area contributed by atoms with E-state index in [1.165, 1.54) is 4.57 Å². The fourth-order valence-corrected chi connectivity index (χ4v) is 2.10. The molecule has 0 fully saturated rings. The quantitative estimate of drug-likeness (QED) is 0.797. The molecule has 2 rings (SSSR count). The third-order valence-electron chi connectivity index (χ3n) is 2.24. The van der Waals surface area contributed by atoms with Gasteiger partial charge in [-0.1, -0.05) is 17.7 Å². The smallest absolute Gasteiger partial charge is 0.265 e. The van der Waals surface area contributed by atoms with Crippen LogP contribution >= 0.6 is 23.2 Å². The molecule has 6 heteroatoms. The van der Waals surface area contributed by atoms with Crippen molar-refractivity contribution in [1.29, 1.82) is 0 Å². The Hall–Kier alpha value is -1.10. The average Bonchev–Trinajstić information content (AvgIpc) is 2.15. The van der Waals surface area contributed by atoms with E-state index in [2.05, 4.69) is 4.98 Å². The van der Waals surface area contributed by atoms with Crippen LogP contribution in [0.3, 0.4) is 0 Å². The lowest BCUT2D eigenvalue weighted by atomic mass is 10.2. The molecule has 4 nitrogen and oxygen atoms in total. The van der Waals surface area contributed by atoms with Gasteiger partial charge in [-0.2, -0.15) is 0 Å². The maximum atomic E-state index is 12.1. The Bertz CT molecular complexity index is 607. The second-order valence-corrected chi connectivity index (χ2v) is 4.18. The van der Waals surface area contributed by atoms with Crippen LogP contribution in [0, 0.1) is 0 Å². The first-order chi connectivity index (χ1) is 7.52. The van der Waals surface area contributed by atoms with E-state index in [9.17, 15) is 4.79 Å². The van der Waals surface area contributed by atoms with Gasteiger partial charge in [0.2, 0.25) is 5.28 Å². The molecular formula is C10H9Cl2N3O. The molecule has 0 aliphatic heterocycles. The molecule has 0 bridgehead atoms. The lowest BCUT2D eigenvalue weighted by Gasteiger charge is -2.12. The van der Waals surface area contributed by atoms with Crippen molar-refractivity contribution < 1.29 is 0 Å². The standard InChI is InChI=1S/C10H9Cl2N3O/c1-5(13)15-9(16)8-6(11)3-2-4-7(8)14-10(15)12/h2-5H,13H2,1H3. The number of benzene rings is 1. The Morgan fingerprint density at radius 2 is 2.12 bits per heavy atom. The first-order valence-corrected chi connectivity index (χ1v) is 5.40. The highest BCUT2D eigenvalue weighted by Crippen LogP contribution is 2.20. The van der Waals surface area contributed by atoms with Crippen molar-refractivity contribution in [2.75, 3.05) is 0 Å². The third kappa shape index (κ3) is 1.69. The van der Waals surface area contributed by atoms with Gasteiger partial charge in [0, 0.05) is 0 Å². The van der Waals surface area contributed by atoms with Crippen LogP contribution < -0.4 is 11.3 Å². The Morgan fingerprint density at radius 1 is 1.44 bits per heavy atom. The minimum atomic E-state index is -0.548. The molecule has 0 saturated carbocycles. The van der Waals surface area contributed by atoms with Gasteiger partial charge in [-0.3, -0.25) is 9.36 Å². The van der Waals surface area contributed by atoms with Gasteiger partial charge in [0.15, 0.2) is 0 Å². The Morgan fingerprint density at radius 3 is 2.75 bits per heavy atom. The number of fused-ring (bicyclic) bond motifs is 1. The average molecular weight is 258 g/mol.